The van der Waals surface area contributed by atoms with Gasteiger partial charge in [0.2, 0.25) is 0 Å². The van der Waals surface area contributed by atoms with Crippen molar-refractivity contribution < 1.29 is 5.11 Å². The Balaban J connectivity index is 1.25. The number of likely N-dealkylation sites (tertiary alicyclic amines) is 1. The number of aliphatic hydroxyl groups excluding tert-OH is 1. The second-order valence-electron chi connectivity index (χ2n) is 9.02. The molecule has 2 unspecified atom stereocenters. The SMILES string of the molecule is OC1CC2CN(CCc3ccccc3)CC3(CN(Cc4ccccc4)C3)N2C1. The number of fused-ring (bicyclic) bond motifs is 2. The van der Waals surface area contributed by atoms with Gasteiger partial charge in [0.05, 0.1) is 11.6 Å². The summed E-state index contributed by atoms with van der Waals surface area (Å²) in [5.41, 5.74) is 3.04. The number of β-amino-alcohol motifs (C(OH)–C–C–N with tert-alkyl or cyclic N) is 1. The van der Waals surface area contributed by atoms with Crippen LogP contribution in [0.5, 0.6) is 0 Å². The largest absolute Gasteiger partial charge is 0.392 e. The molecule has 3 saturated heterocycles. The fourth-order valence-electron chi connectivity index (χ4n) is 5.64. The van der Waals surface area contributed by atoms with Gasteiger partial charge in [-0.15, -0.1) is 0 Å². The van der Waals surface area contributed by atoms with Crippen molar-refractivity contribution in [3.63, 3.8) is 0 Å². The smallest absolute Gasteiger partial charge is 0.0682 e. The predicted molar refractivity (Wildman–Crippen MR) is 112 cm³/mol. The van der Waals surface area contributed by atoms with Crippen molar-refractivity contribution in [1.82, 2.24) is 14.7 Å². The number of hydrogen-bond donors (Lipinski definition) is 1. The normalized spacial score (nSPS) is 27.6. The first kappa shape index (κ1) is 18.3. The van der Waals surface area contributed by atoms with E-state index in [0.29, 0.717) is 6.04 Å². The topological polar surface area (TPSA) is 30.0 Å². The van der Waals surface area contributed by atoms with Crippen LogP contribution in [0.15, 0.2) is 60.7 Å². The Morgan fingerprint density at radius 1 is 0.821 bits per heavy atom. The molecule has 1 spiro atoms. The first-order valence-corrected chi connectivity index (χ1v) is 10.7. The van der Waals surface area contributed by atoms with E-state index in [-0.39, 0.29) is 11.6 Å². The molecular weight excluding hydrogens is 346 g/mol. The van der Waals surface area contributed by atoms with E-state index in [1.165, 1.54) is 11.1 Å². The maximum absolute atomic E-state index is 10.3. The summed E-state index contributed by atoms with van der Waals surface area (Å²) < 4.78 is 0. The molecule has 148 valence electrons. The lowest BCUT2D eigenvalue weighted by Crippen LogP contribution is -2.77. The van der Waals surface area contributed by atoms with Crippen LogP contribution < -0.4 is 0 Å². The molecule has 3 aliphatic heterocycles. The summed E-state index contributed by atoms with van der Waals surface area (Å²) >= 11 is 0. The summed E-state index contributed by atoms with van der Waals surface area (Å²) in [7, 11) is 0. The molecule has 1 N–H and O–H groups in total. The lowest BCUT2D eigenvalue weighted by atomic mass is 9.83. The summed E-state index contributed by atoms with van der Waals surface area (Å²) in [6, 6.07) is 22.1. The third-order valence-corrected chi connectivity index (χ3v) is 6.83. The molecule has 3 fully saturated rings. The van der Waals surface area contributed by atoms with Gasteiger partial charge in [0.15, 0.2) is 0 Å². The van der Waals surface area contributed by atoms with Crippen molar-refractivity contribution in [2.24, 2.45) is 0 Å². The Hall–Kier alpha value is -1.72. The minimum absolute atomic E-state index is 0.154. The average molecular weight is 378 g/mol. The highest BCUT2D eigenvalue weighted by molar-refractivity contribution is 5.19. The Bertz CT molecular complexity index is 775. The molecule has 0 aliphatic carbocycles. The van der Waals surface area contributed by atoms with Crippen LogP contribution in [-0.4, -0.2) is 76.8 Å². The van der Waals surface area contributed by atoms with Crippen LogP contribution in [0.1, 0.15) is 17.5 Å². The molecule has 2 aromatic carbocycles. The molecule has 0 saturated carbocycles. The lowest BCUT2D eigenvalue weighted by molar-refractivity contribution is -0.116. The van der Waals surface area contributed by atoms with Gasteiger partial charge in [0.25, 0.3) is 0 Å². The van der Waals surface area contributed by atoms with Gasteiger partial charge in [0.1, 0.15) is 0 Å². The Morgan fingerprint density at radius 3 is 2.18 bits per heavy atom. The minimum atomic E-state index is -0.154. The number of rotatable bonds is 5. The van der Waals surface area contributed by atoms with E-state index < -0.39 is 0 Å². The highest BCUT2D eigenvalue weighted by Gasteiger charge is 2.55. The zero-order chi connectivity index (χ0) is 19.0. The quantitative estimate of drug-likeness (QED) is 0.866. The second-order valence-corrected chi connectivity index (χ2v) is 9.02. The molecule has 5 rings (SSSR count). The van der Waals surface area contributed by atoms with Gasteiger partial charge in [-0.05, 0) is 24.0 Å². The van der Waals surface area contributed by atoms with E-state index in [0.717, 1.165) is 58.7 Å². The zero-order valence-corrected chi connectivity index (χ0v) is 16.6. The molecule has 0 aromatic heterocycles. The molecule has 0 bridgehead atoms. The fraction of sp³-hybridized carbons (Fsp3) is 0.500. The Kier molecular flexibility index (Phi) is 4.97. The van der Waals surface area contributed by atoms with Crippen LogP contribution in [0, 0.1) is 0 Å². The van der Waals surface area contributed by atoms with E-state index in [9.17, 15) is 5.11 Å². The number of benzene rings is 2. The Labute approximate surface area is 168 Å². The molecule has 3 heterocycles. The van der Waals surface area contributed by atoms with E-state index in [1.807, 2.05) is 0 Å². The van der Waals surface area contributed by atoms with Crippen LogP contribution in [-0.2, 0) is 13.0 Å². The van der Waals surface area contributed by atoms with Crippen LogP contribution in [0.4, 0.5) is 0 Å². The van der Waals surface area contributed by atoms with E-state index >= 15 is 0 Å². The Morgan fingerprint density at radius 2 is 1.46 bits per heavy atom. The molecule has 2 aromatic rings. The minimum Gasteiger partial charge on any atom is -0.392 e. The van der Waals surface area contributed by atoms with Crippen LogP contribution in [0.25, 0.3) is 0 Å². The van der Waals surface area contributed by atoms with Crippen molar-refractivity contribution >= 4 is 0 Å². The number of aliphatic hydroxyl groups is 1. The van der Waals surface area contributed by atoms with E-state index in [2.05, 4.69) is 75.4 Å². The first-order valence-electron chi connectivity index (χ1n) is 10.7. The molecule has 0 radical (unpaired) electrons. The van der Waals surface area contributed by atoms with Crippen LogP contribution >= 0.6 is 0 Å². The van der Waals surface area contributed by atoms with Gasteiger partial charge < -0.3 is 5.11 Å². The monoisotopic (exact) mass is 377 g/mol. The van der Waals surface area contributed by atoms with E-state index in [4.69, 9.17) is 0 Å². The van der Waals surface area contributed by atoms with Crippen molar-refractivity contribution in [2.45, 2.75) is 37.1 Å². The fourth-order valence-corrected chi connectivity index (χ4v) is 5.64. The second kappa shape index (κ2) is 7.60. The summed E-state index contributed by atoms with van der Waals surface area (Å²) in [5.74, 6) is 0. The third-order valence-electron chi connectivity index (χ3n) is 6.83. The summed E-state index contributed by atoms with van der Waals surface area (Å²) in [6.07, 6.45) is 1.89. The molecule has 4 nitrogen and oxygen atoms in total. The molecule has 3 aliphatic rings. The maximum Gasteiger partial charge on any atom is 0.0682 e. The number of hydrogen-bond acceptors (Lipinski definition) is 4. The molecular formula is C24H31N3O. The van der Waals surface area contributed by atoms with Crippen molar-refractivity contribution in [2.75, 3.05) is 39.3 Å². The first-order chi connectivity index (χ1) is 13.7. The molecule has 28 heavy (non-hydrogen) atoms. The summed E-state index contributed by atoms with van der Waals surface area (Å²) in [6.45, 7) is 7.48. The van der Waals surface area contributed by atoms with Gasteiger partial charge in [-0.3, -0.25) is 14.7 Å². The van der Waals surface area contributed by atoms with Crippen molar-refractivity contribution in [3.05, 3.63) is 71.8 Å². The summed E-state index contributed by atoms with van der Waals surface area (Å²) in [5, 5.41) is 10.3. The van der Waals surface area contributed by atoms with Gasteiger partial charge in [-0.2, -0.15) is 0 Å². The van der Waals surface area contributed by atoms with Crippen LogP contribution in [0.2, 0.25) is 0 Å². The maximum atomic E-state index is 10.3. The zero-order valence-electron chi connectivity index (χ0n) is 16.6. The van der Waals surface area contributed by atoms with Crippen LogP contribution in [0.3, 0.4) is 0 Å². The lowest BCUT2D eigenvalue weighted by Gasteiger charge is -2.61. The number of piperazine rings is 1. The summed E-state index contributed by atoms with van der Waals surface area (Å²) in [4.78, 5) is 7.88. The van der Waals surface area contributed by atoms with Gasteiger partial charge in [-0.1, -0.05) is 60.7 Å². The average Bonchev–Trinajstić information content (AvgIpc) is 3.07. The highest BCUT2D eigenvalue weighted by atomic mass is 16.3. The van der Waals surface area contributed by atoms with Crippen molar-refractivity contribution in [3.8, 4) is 0 Å². The molecule has 0 amide bonds. The van der Waals surface area contributed by atoms with Gasteiger partial charge >= 0.3 is 0 Å². The predicted octanol–water partition coefficient (Wildman–Crippen LogP) is 2.23. The van der Waals surface area contributed by atoms with Crippen molar-refractivity contribution in [1.29, 1.82) is 0 Å². The standard InChI is InChI=1S/C24H31N3O/c28-23-13-22-15-25(12-11-20-7-3-1-4-8-20)17-24(27(22)16-23)18-26(19-24)14-21-9-5-2-6-10-21/h1-10,22-23,28H,11-19H2. The van der Waals surface area contributed by atoms with Gasteiger partial charge in [-0.25, -0.2) is 0 Å². The third kappa shape index (κ3) is 3.62. The molecule has 2 atom stereocenters. The highest BCUT2D eigenvalue weighted by Crippen LogP contribution is 2.39. The molecule has 4 heteroatoms. The van der Waals surface area contributed by atoms with E-state index in [1.54, 1.807) is 0 Å². The van der Waals surface area contributed by atoms with Gasteiger partial charge in [0, 0.05) is 51.9 Å². The number of nitrogens with zero attached hydrogens (tertiary/aromatic N) is 3.